The predicted molar refractivity (Wildman–Crippen MR) is 172 cm³/mol. The van der Waals surface area contributed by atoms with Crippen molar-refractivity contribution in [3.63, 3.8) is 0 Å². The molecule has 0 heterocycles. The summed E-state index contributed by atoms with van der Waals surface area (Å²) in [5.41, 5.74) is 1.70. The van der Waals surface area contributed by atoms with Crippen molar-refractivity contribution in [2.75, 3.05) is 25.1 Å². The molecule has 1 aliphatic carbocycles. The van der Waals surface area contributed by atoms with Gasteiger partial charge < -0.3 is 19.7 Å². The highest BCUT2D eigenvalue weighted by Gasteiger charge is 2.34. The van der Waals surface area contributed by atoms with Crippen LogP contribution in [0.5, 0.6) is 11.5 Å². The van der Waals surface area contributed by atoms with Crippen molar-refractivity contribution in [3.8, 4) is 11.5 Å². The normalized spacial score (nSPS) is 14.1. The van der Waals surface area contributed by atoms with Crippen molar-refractivity contribution >= 4 is 50.7 Å². The van der Waals surface area contributed by atoms with E-state index in [0.717, 1.165) is 35.6 Å². The summed E-state index contributed by atoms with van der Waals surface area (Å²) in [6, 6.07) is 15.1. The topological polar surface area (TPSA) is 105 Å². The van der Waals surface area contributed by atoms with Gasteiger partial charge in [0.25, 0.3) is 10.0 Å². The number of benzene rings is 3. The SMILES string of the molecule is COc1ccc(N(CC(=O)N(Cc2ccc(Cl)c(Cl)c2)[C@@H](C)C(=O)NC2CCCC2)S(=O)(=O)c2ccc(C)cc2)cc1OC. The lowest BCUT2D eigenvalue weighted by molar-refractivity contribution is -0.139. The predicted octanol–water partition coefficient (Wildman–Crippen LogP) is 5.99. The first kappa shape index (κ1) is 33.4. The van der Waals surface area contributed by atoms with Gasteiger partial charge in [-0.2, -0.15) is 0 Å². The van der Waals surface area contributed by atoms with Gasteiger partial charge in [-0.1, -0.05) is 59.8 Å². The zero-order chi connectivity index (χ0) is 32.0. The number of hydrogen-bond donors (Lipinski definition) is 1. The smallest absolute Gasteiger partial charge is 0.264 e. The van der Waals surface area contributed by atoms with E-state index in [1.165, 1.54) is 37.3 Å². The molecule has 3 aromatic carbocycles. The molecule has 0 radical (unpaired) electrons. The molecule has 12 heteroatoms. The number of methoxy groups -OCH3 is 2. The van der Waals surface area contributed by atoms with E-state index in [0.29, 0.717) is 27.1 Å². The van der Waals surface area contributed by atoms with Gasteiger partial charge in [0.1, 0.15) is 12.6 Å². The molecule has 0 spiro atoms. The average molecular weight is 663 g/mol. The van der Waals surface area contributed by atoms with Crippen LogP contribution in [0.2, 0.25) is 10.0 Å². The first-order chi connectivity index (χ1) is 20.9. The number of aryl methyl sites for hydroxylation is 1. The van der Waals surface area contributed by atoms with Crippen LogP contribution >= 0.6 is 23.2 Å². The maximum absolute atomic E-state index is 14.2. The van der Waals surface area contributed by atoms with Crippen LogP contribution < -0.4 is 19.1 Å². The van der Waals surface area contributed by atoms with Gasteiger partial charge in [0.2, 0.25) is 11.8 Å². The Labute approximate surface area is 269 Å². The van der Waals surface area contributed by atoms with Crippen LogP contribution in [0.1, 0.15) is 43.7 Å². The minimum absolute atomic E-state index is 0.000666. The van der Waals surface area contributed by atoms with Crippen LogP contribution in [0.4, 0.5) is 5.69 Å². The summed E-state index contributed by atoms with van der Waals surface area (Å²) in [5.74, 6) is -0.216. The van der Waals surface area contributed by atoms with Crippen molar-refractivity contribution in [2.24, 2.45) is 0 Å². The van der Waals surface area contributed by atoms with Crippen LogP contribution in [-0.2, 0) is 26.2 Å². The molecule has 2 amide bonds. The van der Waals surface area contributed by atoms with E-state index in [1.807, 2.05) is 6.92 Å². The summed E-state index contributed by atoms with van der Waals surface area (Å²) in [6.07, 6.45) is 3.81. The summed E-state index contributed by atoms with van der Waals surface area (Å²) >= 11 is 12.4. The standard InChI is InChI=1S/C32H37Cl2N3O6S/c1-21-9-13-26(14-10-21)44(40,41)37(25-12-16-29(42-3)30(18-25)43-4)20-31(38)36(19-23-11-15-27(33)28(34)17-23)22(2)32(39)35-24-7-5-6-8-24/h9-18,22,24H,5-8,19-20H2,1-4H3,(H,35,39)/t22-/m0/s1. The van der Waals surface area contributed by atoms with E-state index in [9.17, 15) is 18.0 Å². The second-order valence-electron chi connectivity index (χ2n) is 10.8. The Bertz CT molecular complexity index is 1590. The number of nitrogens with one attached hydrogen (secondary N) is 1. The molecule has 0 bridgehead atoms. The largest absolute Gasteiger partial charge is 0.493 e. The third kappa shape index (κ3) is 7.78. The Balaban J connectivity index is 1.74. The fourth-order valence-electron chi connectivity index (χ4n) is 5.16. The second kappa shape index (κ2) is 14.5. The molecule has 1 N–H and O–H groups in total. The maximum atomic E-state index is 14.2. The number of halogens is 2. The second-order valence-corrected chi connectivity index (χ2v) is 13.5. The zero-order valence-electron chi connectivity index (χ0n) is 25.2. The van der Waals surface area contributed by atoms with E-state index in [4.69, 9.17) is 32.7 Å². The lowest BCUT2D eigenvalue weighted by Gasteiger charge is -2.32. The van der Waals surface area contributed by atoms with Crippen molar-refractivity contribution < 1.29 is 27.5 Å². The number of sulfonamides is 1. The lowest BCUT2D eigenvalue weighted by Crippen LogP contribution is -2.52. The van der Waals surface area contributed by atoms with Crippen molar-refractivity contribution in [1.82, 2.24) is 10.2 Å². The number of anilines is 1. The number of ether oxygens (including phenoxy) is 2. The summed E-state index contributed by atoms with van der Waals surface area (Å²) in [7, 11) is -1.33. The molecule has 236 valence electrons. The number of carbonyl (C=O) groups excluding carboxylic acids is 2. The number of nitrogens with zero attached hydrogens (tertiary/aromatic N) is 2. The molecule has 0 unspecified atom stereocenters. The summed E-state index contributed by atoms with van der Waals surface area (Å²) < 4.78 is 40.0. The summed E-state index contributed by atoms with van der Waals surface area (Å²) in [6.45, 7) is 2.90. The van der Waals surface area contributed by atoms with Gasteiger partial charge in [-0.15, -0.1) is 0 Å². The molecule has 44 heavy (non-hydrogen) atoms. The Morgan fingerprint density at radius 2 is 1.59 bits per heavy atom. The van der Waals surface area contributed by atoms with E-state index in [1.54, 1.807) is 49.4 Å². The van der Waals surface area contributed by atoms with Crippen molar-refractivity contribution in [2.45, 2.75) is 63.1 Å². The Morgan fingerprint density at radius 3 is 2.20 bits per heavy atom. The number of amides is 2. The minimum Gasteiger partial charge on any atom is -0.493 e. The maximum Gasteiger partial charge on any atom is 0.264 e. The fraction of sp³-hybridized carbons (Fsp3) is 0.375. The van der Waals surface area contributed by atoms with E-state index in [2.05, 4.69) is 5.32 Å². The molecule has 0 saturated heterocycles. The summed E-state index contributed by atoms with van der Waals surface area (Å²) in [5, 5.41) is 3.70. The molecule has 3 aromatic rings. The molecule has 1 atom stereocenters. The molecular formula is C32H37Cl2N3O6S. The van der Waals surface area contributed by atoms with E-state index >= 15 is 0 Å². The third-order valence-electron chi connectivity index (χ3n) is 7.75. The van der Waals surface area contributed by atoms with Crippen LogP contribution in [-0.4, -0.2) is 58.0 Å². The summed E-state index contributed by atoms with van der Waals surface area (Å²) in [4.78, 5) is 29.0. The monoisotopic (exact) mass is 661 g/mol. The fourth-order valence-corrected chi connectivity index (χ4v) is 6.88. The highest BCUT2D eigenvalue weighted by molar-refractivity contribution is 7.92. The van der Waals surface area contributed by atoms with E-state index in [-0.39, 0.29) is 29.1 Å². The molecule has 0 aliphatic heterocycles. The molecule has 4 rings (SSSR count). The molecule has 1 fully saturated rings. The first-order valence-electron chi connectivity index (χ1n) is 14.3. The van der Waals surface area contributed by atoms with Crippen LogP contribution in [0.25, 0.3) is 0 Å². The van der Waals surface area contributed by atoms with Gasteiger partial charge in [0, 0.05) is 18.7 Å². The van der Waals surface area contributed by atoms with Gasteiger partial charge in [-0.3, -0.25) is 13.9 Å². The molecule has 1 saturated carbocycles. The average Bonchev–Trinajstić information content (AvgIpc) is 3.52. The van der Waals surface area contributed by atoms with Crippen molar-refractivity contribution in [1.29, 1.82) is 0 Å². The van der Waals surface area contributed by atoms with Gasteiger partial charge in [-0.25, -0.2) is 8.42 Å². The minimum atomic E-state index is -4.24. The first-order valence-corrected chi connectivity index (χ1v) is 16.5. The van der Waals surface area contributed by atoms with Crippen molar-refractivity contribution in [3.05, 3.63) is 81.8 Å². The Kier molecular flexibility index (Phi) is 11.0. The number of carbonyl (C=O) groups is 2. The Morgan fingerprint density at radius 1 is 0.932 bits per heavy atom. The molecule has 0 aromatic heterocycles. The lowest BCUT2D eigenvalue weighted by atomic mass is 10.1. The quantitative estimate of drug-likeness (QED) is 0.256. The van der Waals surface area contributed by atoms with Gasteiger partial charge in [0.15, 0.2) is 11.5 Å². The number of rotatable bonds is 12. The van der Waals surface area contributed by atoms with Crippen LogP contribution in [0.3, 0.4) is 0 Å². The highest BCUT2D eigenvalue weighted by Crippen LogP contribution is 2.34. The van der Waals surface area contributed by atoms with Gasteiger partial charge >= 0.3 is 0 Å². The molecule has 9 nitrogen and oxygen atoms in total. The zero-order valence-corrected chi connectivity index (χ0v) is 27.5. The molecular weight excluding hydrogens is 625 g/mol. The van der Waals surface area contributed by atoms with Crippen LogP contribution in [0, 0.1) is 6.92 Å². The van der Waals surface area contributed by atoms with Gasteiger partial charge in [0.05, 0.1) is 34.8 Å². The van der Waals surface area contributed by atoms with Gasteiger partial charge in [-0.05, 0) is 68.7 Å². The molecule has 1 aliphatic rings. The third-order valence-corrected chi connectivity index (χ3v) is 10.3. The number of hydrogen-bond acceptors (Lipinski definition) is 6. The van der Waals surface area contributed by atoms with E-state index < -0.39 is 28.5 Å². The Hall–Kier alpha value is -3.47. The highest BCUT2D eigenvalue weighted by atomic mass is 35.5. The van der Waals surface area contributed by atoms with Crippen LogP contribution in [0.15, 0.2) is 65.6 Å².